The fraction of sp³-hybridized carbons (Fsp3) is 0.391. The van der Waals surface area contributed by atoms with Crippen LogP contribution in [0, 0.1) is 0 Å². The summed E-state index contributed by atoms with van der Waals surface area (Å²) in [4.78, 5) is 27.7. The van der Waals surface area contributed by atoms with E-state index in [0.29, 0.717) is 5.02 Å². The van der Waals surface area contributed by atoms with Crippen molar-refractivity contribution in [2.45, 2.75) is 50.5 Å². The monoisotopic (exact) mass is 397 g/mol. The van der Waals surface area contributed by atoms with Crippen molar-refractivity contribution in [1.29, 1.82) is 0 Å². The molecule has 4 rings (SSSR count). The minimum atomic E-state index is -0.667. The summed E-state index contributed by atoms with van der Waals surface area (Å²) in [6.07, 6.45) is 4.25. The lowest BCUT2D eigenvalue weighted by molar-refractivity contribution is -0.153. The zero-order valence-electron chi connectivity index (χ0n) is 16.0. The second-order valence-electron chi connectivity index (χ2n) is 7.82. The van der Waals surface area contributed by atoms with Gasteiger partial charge in [-0.15, -0.1) is 0 Å². The molecule has 5 heteroatoms. The third-order valence-corrected chi connectivity index (χ3v) is 6.30. The number of rotatable bonds is 4. The van der Waals surface area contributed by atoms with Crippen LogP contribution in [-0.2, 0) is 26.2 Å². The van der Waals surface area contributed by atoms with Gasteiger partial charge in [0.05, 0.1) is 5.41 Å². The smallest absolute Gasteiger partial charge is 0.317 e. The molecule has 1 saturated carbocycles. The molecular weight excluding hydrogens is 374 g/mol. The van der Waals surface area contributed by atoms with E-state index >= 15 is 0 Å². The fourth-order valence-electron chi connectivity index (χ4n) is 4.64. The summed E-state index contributed by atoms with van der Waals surface area (Å²) in [6.45, 7) is 1.79. The molecule has 0 unspecified atom stereocenters. The zero-order chi connectivity index (χ0) is 19.7. The van der Waals surface area contributed by atoms with E-state index in [4.69, 9.17) is 16.3 Å². The summed E-state index contributed by atoms with van der Waals surface area (Å²) in [5, 5.41) is 0.641. The molecule has 4 nitrogen and oxygen atoms in total. The van der Waals surface area contributed by atoms with Gasteiger partial charge in [-0.2, -0.15) is 0 Å². The summed E-state index contributed by atoms with van der Waals surface area (Å²) in [7, 11) is 0. The van der Waals surface area contributed by atoms with Gasteiger partial charge in [0.1, 0.15) is 0 Å². The highest BCUT2D eigenvalue weighted by Crippen LogP contribution is 2.42. The van der Waals surface area contributed by atoms with Crippen molar-refractivity contribution in [2.75, 3.05) is 11.5 Å². The van der Waals surface area contributed by atoms with Crippen LogP contribution in [0.1, 0.15) is 43.7 Å². The number of carbonyl (C=O) groups is 2. The summed E-state index contributed by atoms with van der Waals surface area (Å²) in [5.74, 6) is -0.476. The number of ether oxygens (including phenoxy) is 1. The van der Waals surface area contributed by atoms with Gasteiger partial charge >= 0.3 is 5.97 Å². The second kappa shape index (κ2) is 7.59. The molecule has 2 aromatic rings. The van der Waals surface area contributed by atoms with Crippen LogP contribution in [-0.4, -0.2) is 24.5 Å². The molecule has 1 heterocycles. The second-order valence-corrected chi connectivity index (χ2v) is 8.25. The predicted molar refractivity (Wildman–Crippen MR) is 110 cm³/mol. The quantitative estimate of drug-likeness (QED) is 0.704. The third-order valence-electron chi connectivity index (χ3n) is 6.05. The molecule has 28 heavy (non-hydrogen) atoms. The summed E-state index contributed by atoms with van der Waals surface area (Å²) < 4.78 is 5.59. The van der Waals surface area contributed by atoms with Crippen molar-refractivity contribution in [3.05, 3.63) is 64.7 Å². The van der Waals surface area contributed by atoms with E-state index in [-0.39, 0.29) is 24.5 Å². The Balaban J connectivity index is 1.49. The Morgan fingerprint density at radius 1 is 1.11 bits per heavy atom. The molecule has 0 N–H and O–H groups in total. The van der Waals surface area contributed by atoms with Crippen molar-refractivity contribution >= 4 is 29.2 Å². The van der Waals surface area contributed by atoms with Gasteiger partial charge in [-0.25, -0.2) is 0 Å². The largest absolute Gasteiger partial charge is 0.455 e. The number of fused-ring (bicyclic) bond motifs is 1. The maximum Gasteiger partial charge on any atom is 0.317 e. The van der Waals surface area contributed by atoms with E-state index in [1.54, 1.807) is 17.0 Å². The van der Waals surface area contributed by atoms with Gasteiger partial charge in [-0.05, 0) is 55.5 Å². The van der Waals surface area contributed by atoms with E-state index in [9.17, 15) is 9.59 Å². The van der Waals surface area contributed by atoms with E-state index in [0.717, 1.165) is 48.9 Å². The predicted octanol–water partition coefficient (Wildman–Crippen LogP) is 4.67. The van der Waals surface area contributed by atoms with Crippen LogP contribution < -0.4 is 4.90 Å². The number of esters is 1. The Morgan fingerprint density at radius 2 is 1.79 bits per heavy atom. The Hall–Kier alpha value is -2.33. The Kier molecular flexibility index (Phi) is 5.15. The van der Waals surface area contributed by atoms with Crippen LogP contribution in [0.5, 0.6) is 0 Å². The lowest BCUT2D eigenvalue weighted by atomic mass is 9.79. The van der Waals surface area contributed by atoms with Crippen LogP contribution in [0.25, 0.3) is 0 Å². The van der Waals surface area contributed by atoms with Gasteiger partial charge in [0.15, 0.2) is 6.61 Å². The Bertz CT molecular complexity index is 887. The lowest BCUT2D eigenvalue weighted by Gasteiger charge is -2.28. The van der Waals surface area contributed by atoms with Crippen LogP contribution in [0.4, 0.5) is 5.69 Å². The first kappa shape index (κ1) is 19.0. The van der Waals surface area contributed by atoms with Crippen LogP contribution in [0.15, 0.2) is 48.5 Å². The highest BCUT2D eigenvalue weighted by molar-refractivity contribution is 6.30. The van der Waals surface area contributed by atoms with Crippen LogP contribution in [0.2, 0.25) is 5.02 Å². The first-order valence-electron chi connectivity index (χ1n) is 9.84. The molecule has 0 aromatic heterocycles. The molecular formula is C23H24ClNO3. The SMILES string of the molecule is C[C@H]1Cc2ccccc2N1C(=O)COC(=O)C1(c2ccc(Cl)cc2)CCCC1. The number of amides is 1. The minimum Gasteiger partial charge on any atom is -0.455 e. The van der Waals surface area contributed by atoms with Gasteiger partial charge < -0.3 is 9.64 Å². The topological polar surface area (TPSA) is 46.6 Å². The summed E-state index contributed by atoms with van der Waals surface area (Å²) in [6, 6.07) is 15.4. The number of carbonyl (C=O) groups excluding carboxylic acids is 2. The van der Waals surface area contributed by atoms with Crippen molar-refractivity contribution in [3.63, 3.8) is 0 Å². The molecule has 0 radical (unpaired) electrons. The number of hydrogen-bond donors (Lipinski definition) is 0. The van der Waals surface area contributed by atoms with Gasteiger partial charge in [0.25, 0.3) is 5.91 Å². The number of anilines is 1. The number of para-hydroxylation sites is 1. The van der Waals surface area contributed by atoms with E-state index in [1.165, 1.54) is 0 Å². The van der Waals surface area contributed by atoms with Gasteiger partial charge in [-0.3, -0.25) is 9.59 Å². The molecule has 1 atom stereocenters. The van der Waals surface area contributed by atoms with Crippen molar-refractivity contribution in [2.24, 2.45) is 0 Å². The molecule has 1 fully saturated rings. The standard InChI is InChI=1S/C23H24ClNO3/c1-16-14-17-6-2-3-7-20(17)25(16)21(26)15-28-22(27)23(12-4-5-13-23)18-8-10-19(24)11-9-18/h2-3,6-11,16H,4-5,12-15H2,1H3/t16-/m0/s1. The van der Waals surface area contributed by atoms with Crippen molar-refractivity contribution in [1.82, 2.24) is 0 Å². The highest BCUT2D eigenvalue weighted by Gasteiger charge is 2.44. The highest BCUT2D eigenvalue weighted by atomic mass is 35.5. The van der Waals surface area contributed by atoms with Gasteiger partial charge in [0.2, 0.25) is 0 Å². The molecule has 0 spiro atoms. The zero-order valence-corrected chi connectivity index (χ0v) is 16.7. The molecule has 1 amide bonds. The van der Waals surface area contributed by atoms with Crippen LogP contribution in [0.3, 0.4) is 0 Å². The lowest BCUT2D eigenvalue weighted by Crippen LogP contribution is -2.41. The van der Waals surface area contributed by atoms with Crippen molar-refractivity contribution < 1.29 is 14.3 Å². The van der Waals surface area contributed by atoms with Gasteiger partial charge in [-0.1, -0.05) is 54.8 Å². The van der Waals surface area contributed by atoms with E-state index < -0.39 is 5.41 Å². The average Bonchev–Trinajstić information content (AvgIpc) is 3.31. The molecule has 0 bridgehead atoms. The molecule has 146 valence electrons. The molecule has 0 saturated heterocycles. The molecule has 2 aromatic carbocycles. The maximum atomic E-state index is 13.1. The average molecular weight is 398 g/mol. The minimum absolute atomic E-state index is 0.0697. The molecule has 1 aliphatic heterocycles. The Morgan fingerprint density at radius 3 is 2.50 bits per heavy atom. The number of benzene rings is 2. The van der Waals surface area contributed by atoms with Crippen molar-refractivity contribution in [3.8, 4) is 0 Å². The van der Waals surface area contributed by atoms with E-state index in [1.807, 2.05) is 43.3 Å². The summed E-state index contributed by atoms with van der Waals surface area (Å²) in [5.41, 5.74) is 2.33. The Labute approximate surface area is 170 Å². The molecule has 2 aliphatic rings. The summed E-state index contributed by atoms with van der Waals surface area (Å²) >= 11 is 6.01. The number of halogens is 1. The first-order valence-corrected chi connectivity index (χ1v) is 10.2. The normalized spacial score (nSPS) is 20.1. The number of nitrogens with zero attached hydrogens (tertiary/aromatic N) is 1. The number of hydrogen-bond acceptors (Lipinski definition) is 3. The molecule has 1 aliphatic carbocycles. The van der Waals surface area contributed by atoms with E-state index in [2.05, 4.69) is 0 Å². The maximum absolute atomic E-state index is 13.1. The van der Waals surface area contributed by atoms with Gasteiger partial charge in [0, 0.05) is 16.8 Å². The fourth-order valence-corrected chi connectivity index (χ4v) is 4.76. The third kappa shape index (κ3) is 3.30. The first-order chi connectivity index (χ1) is 13.5. The van der Waals surface area contributed by atoms with Crippen LogP contribution >= 0.6 is 11.6 Å².